The molecule has 1 heterocycles. The SMILES string of the molecule is CN=C(NCc1ccc(OC)c(OC)c1)NCc1ccccc1Cn1cccn1. The number of guanidine groups is 1. The van der Waals surface area contributed by atoms with Gasteiger partial charge in [0, 0.05) is 32.5 Å². The normalized spacial score (nSPS) is 11.2. The highest BCUT2D eigenvalue weighted by molar-refractivity contribution is 5.79. The number of aliphatic imine (C=N–C) groups is 1. The smallest absolute Gasteiger partial charge is 0.191 e. The van der Waals surface area contributed by atoms with Gasteiger partial charge in [-0.3, -0.25) is 9.67 Å². The zero-order chi connectivity index (χ0) is 20.5. The zero-order valence-electron chi connectivity index (χ0n) is 17.1. The molecule has 0 radical (unpaired) electrons. The Morgan fingerprint density at radius 1 is 0.966 bits per heavy atom. The van der Waals surface area contributed by atoms with E-state index in [4.69, 9.17) is 9.47 Å². The lowest BCUT2D eigenvalue weighted by Crippen LogP contribution is -2.36. The fraction of sp³-hybridized carbons (Fsp3) is 0.273. The van der Waals surface area contributed by atoms with Crippen molar-refractivity contribution in [1.29, 1.82) is 0 Å². The van der Waals surface area contributed by atoms with Crippen molar-refractivity contribution in [3.63, 3.8) is 0 Å². The second-order valence-corrected chi connectivity index (χ2v) is 6.44. The highest BCUT2D eigenvalue weighted by Gasteiger charge is 2.07. The summed E-state index contributed by atoms with van der Waals surface area (Å²) in [6, 6.07) is 16.1. The standard InChI is InChI=1S/C22H27N5O2/c1-23-22(24-14-17-9-10-20(28-2)21(13-17)29-3)25-15-18-7-4-5-8-19(18)16-27-12-6-11-26-27/h4-13H,14-16H2,1-3H3,(H2,23,24,25). The van der Waals surface area contributed by atoms with Gasteiger partial charge in [-0.25, -0.2) is 0 Å². The Morgan fingerprint density at radius 3 is 2.41 bits per heavy atom. The molecule has 3 aromatic rings. The molecule has 7 nitrogen and oxygen atoms in total. The minimum Gasteiger partial charge on any atom is -0.493 e. The summed E-state index contributed by atoms with van der Waals surface area (Å²) in [4.78, 5) is 4.32. The first-order valence-electron chi connectivity index (χ1n) is 9.43. The molecule has 2 N–H and O–H groups in total. The molecule has 2 aromatic carbocycles. The number of nitrogens with one attached hydrogen (secondary N) is 2. The summed E-state index contributed by atoms with van der Waals surface area (Å²) in [6.07, 6.45) is 3.76. The first-order valence-corrected chi connectivity index (χ1v) is 9.43. The second-order valence-electron chi connectivity index (χ2n) is 6.44. The van der Waals surface area contributed by atoms with Gasteiger partial charge >= 0.3 is 0 Å². The van der Waals surface area contributed by atoms with Crippen molar-refractivity contribution < 1.29 is 9.47 Å². The van der Waals surface area contributed by atoms with E-state index in [2.05, 4.69) is 32.9 Å². The van der Waals surface area contributed by atoms with Crippen LogP contribution in [0.4, 0.5) is 0 Å². The van der Waals surface area contributed by atoms with Crippen molar-refractivity contribution in [1.82, 2.24) is 20.4 Å². The average molecular weight is 393 g/mol. The number of hydrogen-bond donors (Lipinski definition) is 2. The molecule has 1 aromatic heterocycles. The van der Waals surface area contributed by atoms with Crippen LogP contribution in [0.15, 0.2) is 65.9 Å². The van der Waals surface area contributed by atoms with Crippen molar-refractivity contribution in [3.8, 4) is 11.5 Å². The quantitative estimate of drug-likeness (QED) is 0.455. The number of benzene rings is 2. The largest absolute Gasteiger partial charge is 0.493 e. The van der Waals surface area contributed by atoms with E-state index in [-0.39, 0.29) is 0 Å². The molecule has 0 aliphatic heterocycles. The summed E-state index contributed by atoms with van der Waals surface area (Å²) in [6.45, 7) is 2.03. The molecule has 0 aliphatic rings. The topological polar surface area (TPSA) is 72.7 Å². The first kappa shape index (κ1) is 20.3. The third-order valence-corrected chi connectivity index (χ3v) is 4.59. The maximum Gasteiger partial charge on any atom is 0.191 e. The van der Waals surface area contributed by atoms with E-state index in [0.29, 0.717) is 24.6 Å². The number of aromatic nitrogens is 2. The van der Waals surface area contributed by atoms with Gasteiger partial charge in [0.25, 0.3) is 0 Å². The van der Waals surface area contributed by atoms with Gasteiger partial charge < -0.3 is 20.1 Å². The molecule has 0 atom stereocenters. The third kappa shape index (κ3) is 5.51. The molecular formula is C22H27N5O2. The molecule has 0 amide bonds. The highest BCUT2D eigenvalue weighted by atomic mass is 16.5. The van der Waals surface area contributed by atoms with Gasteiger partial charge in [-0.1, -0.05) is 30.3 Å². The summed E-state index contributed by atoms with van der Waals surface area (Å²) in [5.41, 5.74) is 3.50. The molecule has 3 rings (SSSR count). The summed E-state index contributed by atoms with van der Waals surface area (Å²) in [7, 11) is 5.03. The molecule has 0 unspecified atom stereocenters. The molecule has 0 aliphatic carbocycles. The van der Waals surface area contributed by atoms with Gasteiger partial charge in [-0.15, -0.1) is 0 Å². The molecule has 0 bridgehead atoms. The van der Waals surface area contributed by atoms with E-state index < -0.39 is 0 Å². The predicted molar refractivity (Wildman–Crippen MR) is 114 cm³/mol. The molecule has 0 saturated carbocycles. The van der Waals surface area contributed by atoms with Gasteiger partial charge in [-0.05, 0) is 34.9 Å². The van der Waals surface area contributed by atoms with Crippen molar-refractivity contribution in [2.75, 3.05) is 21.3 Å². The van der Waals surface area contributed by atoms with Crippen LogP contribution in [0.5, 0.6) is 11.5 Å². The van der Waals surface area contributed by atoms with Crippen LogP contribution < -0.4 is 20.1 Å². The van der Waals surface area contributed by atoms with E-state index in [9.17, 15) is 0 Å². The van der Waals surface area contributed by atoms with Crippen LogP contribution in [0.2, 0.25) is 0 Å². The van der Waals surface area contributed by atoms with Gasteiger partial charge in [0.05, 0.1) is 20.8 Å². The zero-order valence-corrected chi connectivity index (χ0v) is 17.1. The van der Waals surface area contributed by atoms with Crippen LogP contribution in [0.3, 0.4) is 0 Å². The molecule has 7 heteroatoms. The van der Waals surface area contributed by atoms with E-state index in [0.717, 1.165) is 18.1 Å². The second kappa shape index (κ2) is 10.2. The summed E-state index contributed by atoms with van der Waals surface area (Å²) >= 11 is 0. The maximum atomic E-state index is 5.37. The Balaban J connectivity index is 1.59. The molecule has 0 spiro atoms. The Kier molecular flexibility index (Phi) is 7.10. The van der Waals surface area contributed by atoms with Crippen LogP contribution in [0.25, 0.3) is 0 Å². The third-order valence-electron chi connectivity index (χ3n) is 4.59. The average Bonchev–Trinajstić information content (AvgIpc) is 3.27. The van der Waals surface area contributed by atoms with E-state index in [1.54, 1.807) is 27.5 Å². The van der Waals surface area contributed by atoms with Crippen LogP contribution in [-0.4, -0.2) is 37.0 Å². The van der Waals surface area contributed by atoms with Gasteiger partial charge in [0.2, 0.25) is 0 Å². The lowest BCUT2D eigenvalue weighted by molar-refractivity contribution is 0.354. The molecular weight excluding hydrogens is 366 g/mol. The van der Waals surface area contributed by atoms with Gasteiger partial charge in [0.1, 0.15) is 0 Å². The number of nitrogens with zero attached hydrogens (tertiary/aromatic N) is 3. The number of rotatable bonds is 8. The van der Waals surface area contributed by atoms with E-state index >= 15 is 0 Å². The van der Waals surface area contributed by atoms with Crippen LogP contribution in [-0.2, 0) is 19.6 Å². The number of hydrogen-bond acceptors (Lipinski definition) is 4. The summed E-state index contributed by atoms with van der Waals surface area (Å²) in [5.74, 6) is 2.16. The number of ether oxygens (including phenoxy) is 2. The lowest BCUT2D eigenvalue weighted by Gasteiger charge is -2.15. The van der Waals surface area contributed by atoms with Crippen molar-refractivity contribution in [2.24, 2.45) is 4.99 Å². The monoisotopic (exact) mass is 393 g/mol. The van der Waals surface area contributed by atoms with Crippen LogP contribution >= 0.6 is 0 Å². The molecule has 0 saturated heterocycles. The fourth-order valence-electron chi connectivity index (χ4n) is 3.03. The highest BCUT2D eigenvalue weighted by Crippen LogP contribution is 2.27. The minimum atomic E-state index is 0.620. The Labute approximate surface area is 171 Å². The Bertz CT molecular complexity index is 938. The van der Waals surface area contributed by atoms with Crippen molar-refractivity contribution in [2.45, 2.75) is 19.6 Å². The molecule has 152 valence electrons. The molecule has 29 heavy (non-hydrogen) atoms. The summed E-state index contributed by atoms with van der Waals surface area (Å²) in [5, 5.41) is 11.0. The molecule has 0 fully saturated rings. The van der Waals surface area contributed by atoms with E-state index in [1.165, 1.54) is 11.1 Å². The summed E-state index contributed by atoms with van der Waals surface area (Å²) < 4.78 is 12.6. The minimum absolute atomic E-state index is 0.620. The van der Waals surface area contributed by atoms with Gasteiger partial charge in [-0.2, -0.15) is 5.10 Å². The van der Waals surface area contributed by atoms with Gasteiger partial charge in [0.15, 0.2) is 17.5 Å². The fourth-order valence-corrected chi connectivity index (χ4v) is 3.03. The Morgan fingerprint density at radius 2 is 1.72 bits per heavy atom. The first-order chi connectivity index (χ1) is 14.2. The number of methoxy groups -OCH3 is 2. The van der Waals surface area contributed by atoms with E-state index in [1.807, 2.05) is 47.3 Å². The lowest BCUT2D eigenvalue weighted by atomic mass is 10.1. The van der Waals surface area contributed by atoms with Crippen LogP contribution in [0, 0.1) is 0 Å². The predicted octanol–water partition coefficient (Wildman–Crippen LogP) is 2.81. The van der Waals surface area contributed by atoms with Crippen molar-refractivity contribution >= 4 is 5.96 Å². The maximum absolute atomic E-state index is 5.37. The van der Waals surface area contributed by atoms with Crippen molar-refractivity contribution in [3.05, 3.63) is 77.6 Å². The van der Waals surface area contributed by atoms with Crippen LogP contribution in [0.1, 0.15) is 16.7 Å². The Hall–Kier alpha value is -3.48.